The number of rotatable bonds is 8. The van der Waals surface area contributed by atoms with Gasteiger partial charge in [-0.25, -0.2) is 8.42 Å². The molecule has 0 aliphatic carbocycles. The van der Waals surface area contributed by atoms with Crippen molar-refractivity contribution in [2.24, 2.45) is 0 Å². The Bertz CT molecular complexity index is 524. The number of nitrogens with one attached hydrogen (secondary N) is 2. The molecule has 1 rings (SSSR count). The molecule has 20 heavy (non-hydrogen) atoms. The van der Waals surface area contributed by atoms with E-state index in [1.54, 1.807) is 7.05 Å². The monoisotopic (exact) mass is 303 g/mol. The zero-order valence-electron chi connectivity index (χ0n) is 12.9. The van der Waals surface area contributed by atoms with E-state index in [-0.39, 0.29) is 5.03 Å². The van der Waals surface area contributed by atoms with Crippen LogP contribution < -0.4 is 5.32 Å². The van der Waals surface area contributed by atoms with Crippen molar-refractivity contribution in [2.75, 3.05) is 40.8 Å². The Morgan fingerprint density at radius 3 is 2.45 bits per heavy atom. The van der Waals surface area contributed by atoms with Crippen LogP contribution in [-0.2, 0) is 16.6 Å². The number of aromatic nitrogens is 2. The first kappa shape index (κ1) is 17.1. The molecule has 0 bridgehead atoms. The number of hydrogen-bond acceptors (Lipinski definition) is 5. The molecule has 0 aliphatic rings. The van der Waals surface area contributed by atoms with E-state index in [4.69, 9.17) is 0 Å². The first-order valence-corrected chi connectivity index (χ1v) is 8.10. The number of H-pyrrole nitrogens is 1. The molecule has 0 spiro atoms. The Morgan fingerprint density at radius 2 is 1.90 bits per heavy atom. The smallest absolute Gasteiger partial charge is 0.262 e. The number of aromatic amines is 1. The van der Waals surface area contributed by atoms with Crippen LogP contribution in [0, 0.1) is 6.92 Å². The van der Waals surface area contributed by atoms with E-state index in [9.17, 15) is 8.42 Å². The van der Waals surface area contributed by atoms with E-state index in [0.717, 1.165) is 12.2 Å². The van der Waals surface area contributed by atoms with Gasteiger partial charge in [0, 0.05) is 37.9 Å². The molecule has 0 atom stereocenters. The minimum Gasteiger partial charge on any atom is -0.313 e. The van der Waals surface area contributed by atoms with Crippen LogP contribution in [0.3, 0.4) is 0 Å². The third-order valence-electron chi connectivity index (χ3n) is 3.10. The average molecular weight is 303 g/mol. The molecular weight excluding hydrogens is 278 g/mol. The largest absolute Gasteiger partial charge is 0.313 e. The molecule has 1 aromatic rings. The van der Waals surface area contributed by atoms with Crippen molar-refractivity contribution in [2.45, 2.75) is 25.4 Å². The highest BCUT2D eigenvalue weighted by molar-refractivity contribution is 7.89. The average Bonchev–Trinajstić information content (AvgIpc) is 2.75. The predicted molar refractivity (Wildman–Crippen MR) is 79.1 cm³/mol. The predicted octanol–water partition coefficient (Wildman–Crippen LogP) is 0.00972. The Labute approximate surface area is 121 Å². The normalized spacial score (nSPS) is 12.6. The van der Waals surface area contributed by atoms with E-state index < -0.39 is 10.0 Å². The highest BCUT2D eigenvalue weighted by Crippen LogP contribution is 2.19. The standard InChI is InChI=1S/C12H25N5O2S/c1-6-13-9-11-10(2)14-15-12(11)20(18,19)17(5)8-7-16(3)4/h13H,6-9H2,1-5H3,(H,14,15). The van der Waals surface area contributed by atoms with Crippen molar-refractivity contribution in [3.63, 3.8) is 0 Å². The van der Waals surface area contributed by atoms with E-state index in [0.29, 0.717) is 25.2 Å². The van der Waals surface area contributed by atoms with Gasteiger partial charge < -0.3 is 10.2 Å². The summed E-state index contributed by atoms with van der Waals surface area (Å²) in [6.45, 7) is 6.18. The van der Waals surface area contributed by atoms with Crippen LogP contribution in [0.2, 0.25) is 0 Å². The lowest BCUT2D eigenvalue weighted by Gasteiger charge is -2.19. The number of hydrogen-bond donors (Lipinski definition) is 2. The molecule has 0 aromatic carbocycles. The van der Waals surface area contributed by atoms with Crippen molar-refractivity contribution in [3.8, 4) is 0 Å². The zero-order chi connectivity index (χ0) is 15.3. The van der Waals surface area contributed by atoms with Gasteiger partial charge >= 0.3 is 0 Å². The van der Waals surface area contributed by atoms with Gasteiger partial charge in [-0.15, -0.1) is 0 Å². The van der Waals surface area contributed by atoms with Crippen LogP contribution >= 0.6 is 0 Å². The second kappa shape index (κ2) is 7.16. The van der Waals surface area contributed by atoms with E-state index in [1.165, 1.54) is 4.31 Å². The molecular formula is C12H25N5O2S. The number of likely N-dealkylation sites (N-methyl/N-ethyl adjacent to an activating group) is 2. The summed E-state index contributed by atoms with van der Waals surface area (Å²) in [5, 5.41) is 10.0. The molecule has 0 aliphatic heterocycles. The summed E-state index contributed by atoms with van der Waals surface area (Å²) in [6.07, 6.45) is 0. The topological polar surface area (TPSA) is 81.3 Å². The maximum atomic E-state index is 12.5. The van der Waals surface area contributed by atoms with Gasteiger partial charge in [-0.2, -0.15) is 9.40 Å². The fourth-order valence-corrected chi connectivity index (χ4v) is 3.03. The second-order valence-corrected chi connectivity index (χ2v) is 7.00. The summed E-state index contributed by atoms with van der Waals surface area (Å²) in [5.41, 5.74) is 1.49. The minimum atomic E-state index is -3.55. The summed E-state index contributed by atoms with van der Waals surface area (Å²) < 4.78 is 26.4. The van der Waals surface area contributed by atoms with Gasteiger partial charge in [-0.1, -0.05) is 6.92 Å². The van der Waals surface area contributed by atoms with Gasteiger partial charge in [0.05, 0.1) is 0 Å². The van der Waals surface area contributed by atoms with Gasteiger partial charge in [0.2, 0.25) is 0 Å². The molecule has 0 unspecified atom stereocenters. The van der Waals surface area contributed by atoms with E-state index in [2.05, 4.69) is 15.5 Å². The maximum absolute atomic E-state index is 12.5. The van der Waals surface area contributed by atoms with Crippen LogP contribution in [0.25, 0.3) is 0 Å². The van der Waals surface area contributed by atoms with Gasteiger partial charge in [0.1, 0.15) is 0 Å². The van der Waals surface area contributed by atoms with Crippen LogP contribution in [0.1, 0.15) is 18.2 Å². The van der Waals surface area contributed by atoms with Crippen molar-refractivity contribution < 1.29 is 8.42 Å². The lowest BCUT2D eigenvalue weighted by molar-refractivity contribution is 0.357. The third-order valence-corrected chi connectivity index (χ3v) is 4.93. The summed E-state index contributed by atoms with van der Waals surface area (Å²) >= 11 is 0. The Balaban J connectivity index is 2.97. The van der Waals surface area contributed by atoms with Crippen LogP contribution in [0.4, 0.5) is 0 Å². The van der Waals surface area contributed by atoms with Gasteiger partial charge in [0.15, 0.2) is 5.03 Å². The molecule has 0 radical (unpaired) electrons. The molecule has 0 saturated heterocycles. The third kappa shape index (κ3) is 4.02. The first-order chi connectivity index (χ1) is 9.30. The summed E-state index contributed by atoms with van der Waals surface area (Å²) in [5.74, 6) is 0. The second-order valence-electron chi connectivity index (χ2n) is 5.04. The number of sulfonamides is 1. The molecule has 116 valence electrons. The summed E-state index contributed by atoms with van der Waals surface area (Å²) in [4.78, 5) is 1.95. The lowest BCUT2D eigenvalue weighted by atomic mass is 10.2. The van der Waals surface area contributed by atoms with Crippen LogP contribution in [0.5, 0.6) is 0 Å². The summed E-state index contributed by atoms with van der Waals surface area (Å²) in [7, 11) is 1.86. The quantitative estimate of drug-likeness (QED) is 0.707. The van der Waals surface area contributed by atoms with Crippen molar-refractivity contribution in [3.05, 3.63) is 11.3 Å². The minimum absolute atomic E-state index is 0.122. The maximum Gasteiger partial charge on any atom is 0.262 e. The van der Waals surface area contributed by atoms with Crippen LogP contribution in [-0.4, -0.2) is 68.6 Å². The molecule has 0 saturated carbocycles. The Morgan fingerprint density at radius 1 is 1.25 bits per heavy atom. The summed E-state index contributed by atoms with van der Waals surface area (Å²) in [6, 6.07) is 0. The number of nitrogens with zero attached hydrogens (tertiary/aromatic N) is 3. The van der Waals surface area contributed by atoms with Crippen molar-refractivity contribution in [1.82, 2.24) is 24.7 Å². The highest BCUT2D eigenvalue weighted by Gasteiger charge is 2.27. The fraction of sp³-hybridized carbons (Fsp3) is 0.750. The molecule has 7 nitrogen and oxygen atoms in total. The van der Waals surface area contributed by atoms with Crippen LogP contribution in [0.15, 0.2) is 5.03 Å². The molecule has 0 amide bonds. The van der Waals surface area contributed by atoms with Gasteiger partial charge in [-0.3, -0.25) is 5.10 Å². The van der Waals surface area contributed by atoms with E-state index >= 15 is 0 Å². The molecule has 1 heterocycles. The lowest BCUT2D eigenvalue weighted by Crippen LogP contribution is -2.34. The molecule has 1 aromatic heterocycles. The highest BCUT2D eigenvalue weighted by atomic mass is 32.2. The van der Waals surface area contributed by atoms with Crippen molar-refractivity contribution in [1.29, 1.82) is 0 Å². The Kier molecular flexibility index (Phi) is 6.12. The molecule has 0 fully saturated rings. The number of aryl methyl sites for hydroxylation is 1. The zero-order valence-corrected chi connectivity index (χ0v) is 13.7. The van der Waals surface area contributed by atoms with Gasteiger partial charge in [-0.05, 0) is 27.6 Å². The van der Waals surface area contributed by atoms with Crippen molar-refractivity contribution >= 4 is 10.0 Å². The first-order valence-electron chi connectivity index (χ1n) is 6.66. The fourth-order valence-electron chi connectivity index (χ4n) is 1.71. The van der Waals surface area contributed by atoms with E-state index in [1.807, 2.05) is 32.8 Å². The molecule has 2 N–H and O–H groups in total. The molecule has 8 heteroatoms. The Hall–Kier alpha value is -0.960. The SMILES string of the molecule is CCNCc1c(S(=O)(=O)N(C)CCN(C)C)n[nH]c1C. The van der Waals surface area contributed by atoms with Gasteiger partial charge in [0.25, 0.3) is 10.0 Å².